The van der Waals surface area contributed by atoms with Gasteiger partial charge in [-0.25, -0.2) is 4.79 Å². The molecule has 1 unspecified atom stereocenters. The zero-order chi connectivity index (χ0) is 10.7. The second-order valence-electron chi connectivity index (χ2n) is 3.73. The fourth-order valence-corrected chi connectivity index (χ4v) is 1.98. The molecule has 82 valence electrons. The Morgan fingerprint density at radius 1 is 1.67 bits per heavy atom. The molecule has 0 aromatic carbocycles. The average molecular weight is 209 g/mol. The van der Waals surface area contributed by atoms with E-state index < -0.39 is 0 Å². The standard InChI is InChI=1S/C10H15N3O2/c1-15-10(14)8-6-12-13-9(8)7-3-2-4-11-5-7/h6-7,11H,2-5H2,1H3,(H,12,13). The van der Waals surface area contributed by atoms with E-state index in [1.807, 2.05) is 0 Å². The molecular weight excluding hydrogens is 194 g/mol. The summed E-state index contributed by atoms with van der Waals surface area (Å²) >= 11 is 0. The van der Waals surface area contributed by atoms with E-state index in [0.29, 0.717) is 11.5 Å². The van der Waals surface area contributed by atoms with Crippen LogP contribution in [0, 0.1) is 0 Å². The molecule has 0 aliphatic carbocycles. The minimum atomic E-state index is -0.315. The molecule has 0 saturated carbocycles. The van der Waals surface area contributed by atoms with E-state index in [4.69, 9.17) is 4.74 Å². The molecule has 5 heteroatoms. The molecule has 1 aliphatic rings. The van der Waals surface area contributed by atoms with E-state index in [2.05, 4.69) is 15.5 Å². The van der Waals surface area contributed by atoms with Crippen molar-refractivity contribution in [1.82, 2.24) is 15.5 Å². The van der Waals surface area contributed by atoms with E-state index in [0.717, 1.165) is 31.6 Å². The molecule has 0 radical (unpaired) electrons. The first-order valence-electron chi connectivity index (χ1n) is 5.15. The highest BCUT2D eigenvalue weighted by atomic mass is 16.5. The summed E-state index contributed by atoms with van der Waals surface area (Å²) in [5.74, 6) is 0.0275. The van der Waals surface area contributed by atoms with Gasteiger partial charge < -0.3 is 10.1 Å². The first-order chi connectivity index (χ1) is 7.33. The lowest BCUT2D eigenvalue weighted by Gasteiger charge is -2.22. The van der Waals surface area contributed by atoms with E-state index in [1.165, 1.54) is 13.3 Å². The Bertz CT molecular complexity index is 342. The highest BCUT2D eigenvalue weighted by Gasteiger charge is 2.23. The molecule has 2 N–H and O–H groups in total. The minimum Gasteiger partial charge on any atom is -0.465 e. The van der Waals surface area contributed by atoms with Crippen molar-refractivity contribution in [2.45, 2.75) is 18.8 Å². The normalized spacial score (nSPS) is 21.3. The zero-order valence-electron chi connectivity index (χ0n) is 8.75. The SMILES string of the molecule is COC(=O)c1cn[nH]c1C1CCCNC1. The predicted octanol–water partition coefficient (Wildman–Crippen LogP) is 0.663. The smallest absolute Gasteiger partial charge is 0.341 e. The molecule has 1 fully saturated rings. The van der Waals surface area contributed by atoms with Crippen molar-refractivity contribution in [2.24, 2.45) is 0 Å². The number of hydrogen-bond donors (Lipinski definition) is 2. The van der Waals surface area contributed by atoms with Gasteiger partial charge in [-0.05, 0) is 19.4 Å². The molecule has 0 spiro atoms. The monoisotopic (exact) mass is 209 g/mol. The van der Waals surface area contributed by atoms with Crippen LogP contribution in [0.15, 0.2) is 6.20 Å². The second kappa shape index (κ2) is 4.44. The van der Waals surface area contributed by atoms with E-state index in [1.54, 1.807) is 0 Å². The maximum absolute atomic E-state index is 11.4. The number of piperidine rings is 1. The van der Waals surface area contributed by atoms with Gasteiger partial charge in [0.05, 0.1) is 19.0 Å². The van der Waals surface area contributed by atoms with Crippen LogP contribution < -0.4 is 5.32 Å². The summed E-state index contributed by atoms with van der Waals surface area (Å²) in [7, 11) is 1.39. The second-order valence-corrected chi connectivity index (χ2v) is 3.73. The van der Waals surface area contributed by atoms with Gasteiger partial charge in [0.15, 0.2) is 0 Å². The molecule has 1 atom stereocenters. The Morgan fingerprint density at radius 3 is 3.20 bits per heavy atom. The number of aromatic amines is 1. The number of nitrogens with zero attached hydrogens (tertiary/aromatic N) is 1. The molecule has 0 amide bonds. The Hall–Kier alpha value is -1.36. The maximum atomic E-state index is 11.4. The predicted molar refractivity (Wildman–Crippen MR) is 54.8 cm³/mol. The number of ether oxygens (including phenoxy) is 1. The molecule has 2 heterocycles. The topological polar surface area (TPSA) is 67.0 Å². The summed E-state index contributed by atoms with van der Waals surface area (Å²) in [5, 5.41) is 10.1. The lowest BCUT2D eigenvalue weighted by molar-refractivity contribution is 0.0598. The van der Waals surface area contributed by atoms with Crippen LogP contribution in [0.25, 0.3) is 0 Å². The first-order valence-corrected chi connectivity index (χ1v) is 5.15. The van der Waals surface area contributed by atoms with Gasteiger partial charge in [0, 0.05) is 12.5 Å². The van der Waals surface area contributed by atoms with Crippen LogP contribution in [0.5, 0.6) is 0 Å². The van der Waals surface area contributed by atoms with Crippen LogP contribution in [0.4, 0.5) is 0 Å². The summed E-state index contributed by atoms with van der Waals surface area (Å²) in [6, 6.07) is 0. The highest BCUT2D eigenvalue weighted by molar-refractivity contribution is 5.90. The third kappa shape index (κ3) is 2.02. The van der Waals surface area contributed by atoms with Crippen LogP contribution in [0.3, 0.4) is 0 Å². The Morgan fingerprint density at radius 2 is 2.53 bits per heavy atom. The van der Waals surface area contributed by atoms with Crippen molar-refractivity contribution < 1.29 is 9.53 Å². The van der Waals surface area contributed by atoms with E-state index >= 15 is 0 Å². The summed E-state index contributed by atoms with van der Waals surface area (Å²) in [6.07, 6.45) is 3.75. The van der Waals surface area contributed by atoms with Gasteiger partial charge in [0.25, 0.3) is 0 Å². The van der Waals surface area contributed by atoms with E-state index in [-0.39, 0.29) is 5.97 Å². The van der Waals surface area contributed by atoms with Crippen molar-refractivity contribution in [3.63, 3.8) is 0 Å². The number of hydrogen-bond acceptors (Lipinski definition) is 4. The summed E-state index contributed by atoms with van der Waals surface area (Å²) < 4.78 is 4.71. The largest absolute Gasteiger partial charge is 0.465 e. The lowest BCUT2D eigenvalue weighted by Crippen LogP contribution is -2.29. The molecular formula is C10H15N3O2. The molecule has 0 bridgehead atoms. The highest BCUT2D eigenvalue weighted by Crippen LogP contribution is 2.24. The molecule has 1 aliphatic heterocycles. The van der Waals surface area contributed by atoms with Crippen LogP contribution in [0.1, 0.15) is 34.8 Å². The Labute approximate surface area is 88.2 Å². The number of aromatic nitrogens is 2. The number of carbonyl (C=O) groups excluding carboxylic acids is 1. The van der Waals surface area contributed by atoms with Gasteiger partial charge in [0.1, 0.15) is 5.56 Å². The number of H-pyrrole nitrogens is 1. The van der Waals surface area contributed by atoms with Gasteiger partial charge in [-0.3, -0.25) is 5.10 Å². The van der Waals surface area contributed by atoms with Gasteiger partial charge in [-0.1, -0.05) is 0 Å². The maximum Gasteiger partial charge on any atom is 0.341 e. The fraction of sp³-hybridized carbons (Fsp3) is 0.600. The number of rotatable bonds is 2. The van der Waals surface area contributed by atoms with Gasteiger partial charge >= 0.3 is 5.97 Å². The summed E-state index contributed by atoms with van der Waals surface area (Å²) in [5.41, 5.74) is 1.46. The van der Waals surface area contributed by atoms with Crippen molar-refractivity contribution in [3.05, 3.63) is 17.5 Å². The van der Waals surface area contributed by atoms with Gasteiger partial charge in [0.2, 0.25) is 0 Å². The first kappa shape index (κ1) is 10.2. The molecule has 1 saturated heterocycles. The van der Waals surface area contributed by atoms with Crippen molar-refractivity contribution in [3.8, 4) is 0 Å². The number of carbonyl (C=O) groups is 1. The fourth-order valence-electron chi connectivity index (χ4n) is 1.98. The number of esters is 1. The molecule has 5 nitrogen and oxygen atoms in total. The molecule has 1 aromatic rings. The van der Waals surface area contributed by atoms with Crippen LogP contribution in [0.2, 0.25) is 0 Å². The summed E-state index contributed by atoms with van der Waals surface area (Å²) in [6.45, 7) is 1.95. The third-order valence-electron chi connectivity index (χ3n) is 2.78. The van der Waals surface area contributed by atoms with Crippen LogP contribution >= 0.6 is 0 Å². The Balaban J connectivity index is 2.19. The van der Waals surface area contributed by atoms with Crippen molar-refractivity contribution >= 4 is 5.97 Å². The Kier molecular flexibility index (Phi) is 3.01. The molecule has 2 rings (SSSR count). The van der Waals surface area contributed by atoms with E-state index in [9.17, 15) is 4.79 Å². The minimum absolute atomic E-state index is 0.315. The quantitative estimate of drug-likeness (QED) is 0.702. The lowest BCUT2D eigenvalue weighted by atomic mass is 9.94. The van der Waals surface area contributed by atoms with Crippen LogP contribution in [-0.4, -0.2) is 36.4 Å². The van der Waals surface area contributed by atoms with Gasteiger partial charge in [-0.15, -0.1) is 0 Å². The van der Waals surface area contributed by atoms with Crippen LogP contribution in [-0.2, 0) is 4.74 Å². The number of nitrogens with one attached hydrogen (secondary N) is 2. The number of methoxy groups -OCH3 is 1. The average Bonchev–Trinajstić information content (AvgIpc) is 2.78. The van der Waals surface area contributed by atoms with Crippen molar-refractivity contribution in [2.75, 3.05) is 20.2 Å². The summed E-state index contributed by atoms with van der Waals surface area (Å²) in [4.78, 5) is 11.4. The van der Waals surface area contributed by atoms with Gasteiger partial charge in [-0.2, -0.15) is 5.10 Å². The zero-order valence-corrected chi connectivity index (χ0v) is 8.75. The molecule has 1 aromatic heterocycles. The van der Waals surface area contributed by atoms with Crippen molar-refractivity contribution in [1.29, 1.82) is 0 Å². The molecule has 15 heavy (non-hydrogen) atoms. The third-order valence-corrected chi connectivity index (χ3v) is 2.78.